The van der Waals surface area contributed by atoms with Gasteiger partial charge in [0.05, 0.1) is 0 Å². The van der Waals surface area contributed by atoms with E-state index in [1.165, 1.54) is 0 Å². The summed E-state index contributed by atoms with van der Waals surface area (Å²) in [6.45, 7) is 2.27. The van der Waals surface area contributed by atoms with Crippen LogP contribution >= 0.6 is 11.6 Å². The van der Waals surface area contributed by atoms with Crippen LogP contribution in [0.5, 0.6) is 0 Å². The highest BCUT2D eigenvalue weighted by molar-refractivity contribution is 6.30. The van der Waals surface area contributed by atoms with Gasteiger partial charge in [-0.1, -0.05) is 17.7 Å². The molecular formula is C15H18ClN3O2. The van der Waals surface area contributed by atoms with Gasteiger partial charge in [-0.15, -0.1) is 0 Å². The van der Waals surface area contributed by atoms with Gasteiger partial charge in [0.15, 0.2) is 0 Å². The highest BCUT2D eigenvalue weighted by Crippen LogP contribution is 2.19. The summed E-state index contributed by atoms with van der Waals surface area (Å²) in [5, 5.41) is 3.53. The number of piperazine rings is 1. The number of nitrogens with one attached hydrogen (secondary N) is 1. The van der Waals surface area contributed by atoms with Crippen molar-refractivity contribution in [3.05, 3.63) is 34.9 Å². The number of urea groups is 1. The molecule has 1 aromatic rings. The second kappa shape index (κ2) is 5.93. The normalized spacial score (nSPS) is 18.5. The molecule has 0 unspecified atom stereocenters. The lowest BCUT2D eigenvalue weighted by Gasteiger charge is -2.34. The minimum absolute atomic E-state index is 0.00708. The molecule has 0 spiro atoms. The molecule has 2 aliphatic rings. The summed E-state index contributed by atoms with van der Waals surface area (Å²) in [6.07, 6.45) is 2.16. The lowest BCUT2D eigenvalue weighted by atomic mass is 10.2. The van der Waals surface area contributed by atoms with Crippen molar-refractivity contribution >= 4 is 23.5 Å². The minimum Gasteiger partial charge on any atom is -0.335 e. The quantitative estimate of drug-likeness (QED) is 0.908. The standard InChI is InChI=1S/C15H18ClN3O2/c16-12-3-1-2-11(10-12)14(20)18-6-8-19(9-7-18)15(21)17-13-4-5-13/h1-3,10,13H,4-9H2,(H,17,21). The zero-order valence-electron chi connectivity index (χ0n) is 11.7. The fourth-order valence-electron chi connectivity index (χ4n) is 2.41. The van der Waals surface area contributed by atoms with Gasteiger partial charge in [0.25, 0.3) is 5.91 Å². The Kier molecular flexibility index (Phi) is 4.01. The van der Waals surface area contributed by atoms with Crippen molar-refractivity contribution in [2.24, 2.45) is 0 Å². The first-order valence-corrected chi connectivity index (χ1v) is 7.61. The largest absolute Gasteiger partial charge is 0.335 e. The van der Waals surface area contributed by atoms with Crippen molar-refractivity contribution in [3.8, 4) is 0 Å². The summed E-state index contributed by atoms with van der Waals surface area (Å²) < 4.78 is 0. The van der Waals surface area contributed by atoms with E-state index in [4.69, 9.17) is 11.6 Å². The fourth-order valence-corrected chi connectivity index (χ4v) is 2.60. The third kappa shape index (κ3) is 3.47. The Morgan fingerprint density at radius 1 is 1.10 bits per heavy atom. The maximum atomic E-state index is 12.4. The van der Waals surface area contributed by atoms with Crippen molar-refractivity contribution in [2.45, 2.75) is 18.9 Å². The molecule has 1 aliphatic carbocycles. The van der Waals surface area contributed by atoms with Crippen LogP contribution in [0.15, 0.2) is 24.3 Å². The second-order valence-electron chi connectivity index (χ2n) is 5.51. The Labute approximate surface area is 128 Å². The van der Waals surface area contributed by atoms with Gasteiger partial charge in [-0.05, 0) is 31.0 Å². The highest BCUT2D eigenvalue weighted by atomic mass is 35.5. The maximum Gasteiger partial charge on any atom is 0.317 e. The molecule has 112 valence electrons. The fraction of sp³-hybridized carbons (Fsp3) is 0.467. The van der Waals surface area contributed by atoms with Crippen LogP contribution < -0.4 is 5.32 Å². The Bertz CT molecular complexity index is 552. The Morgan fingerprint density at radius 3 is 2.38 bits per heavy atom. The summed E-state index contributed by atoms with van der Waals surface area (Å²) in [7, 11) is 0. The second-order valence-corrected chi connectivity index (χ2v) is 5.95. The third-order valence-corrected chi connectivity index (χ3v) is 4.07. The number of hydrogen-bond acceptors (Lipinski definition) is 2. The molecule has 6 heteroatoms. The van der Waals surface area contributed by atoms with Crippen molar-refractivity contribution in [1.82, 2.24) is 15.1 Å². The van der Waals surface area contributed by atoms with Crippen molar-refractivity contribution in [2.75, 3.05) is 26.2 Å². The van der Waals surface area contributed by atoms with Gasteiger partial charge in [0, 0.05) is 42.8 Å². The number of hydrogen-bond donors (Lipinski definition) is 1. The van der Waals surface area contributed by atoms with Gasteiger partial charge in [-0.25, -0.2) is 4.79 Å². The van der Waals surface area contributed by atoms with E-state index in [0.29, 0.717) is 42.8 Å². The van der Waals surface area contributed by atoms with Gasteiger partial charge in [0.1, 0.15) is 0 Å². The number of carbonyl (C=O) groups is 2. The molecule has 5 nitrogen and oxygen atoms in total. The zero-order valence-corrected chi connectivity index (χ0v) is 12.5. The molecule has 1 heterocycles. The van der Waals surface area contributed by atoms with Crippen molar-refractivity contribution < 1.29 is 9.59 Å². The summed E-state index contributed by atoms with van der Waals surface area (Å²) in [6, 6.07) is 7.32. The van der Waals surface area contributed by atoms with Gasteiger partial charge < -0.3 is 15.1 Å². The SMILES string of the molecule is O=C(NC1CC1)N1CCN(C(=O)c2cccc(Cl)c2)CC1. The first-order valence-electron chi connectivity index (χ1n) is 7.24. The Balaban J connectivity index is 1.55. The van der Waals surface area contributed by atoms with Gasteiger partial charge in [0.2, 0.25) is 0 Å². The van der Waals surface area contributed by atoms with Crippen LogP contribution in [0.2, 0.25) is 5.02 Å². The number of amides is 3. The predicted octanol–water partition coefficient (Wildman–Crippen LogP) is 1.97. The van der Waals surface area contributed by atoms with E-state index in [1.807, 2.05) is 0 Å². The number of rotatable bonds is 2. The highest BCUT2D eigenvalue weighted by Gasteiger charge is 2.29. The van der Waals surface area contributed by atoms with E-state index in [2.05, 4.69) is 5.32 Å². The molecule has 0 radical (unpaired) electrons. The van der Waals surface area contributed by atoms with Gasteiger partial charge in [-0.2, -0.15) is 0 Å². The Hall–Kier alpha value is -1.75. The predicted molar refractivity (Wildman–Crippen MR) is 80.5 cm³/mol. The lowest BCUT2D eigenvalue weighted by Crippen LogP contribution is -2.53. The molecule has 21 heavy (non-hydrogen) atoms. The van der Waals surface area contributed by atoms with Crippen LogP contribution in [-0.4, -0.2) is 54.0 Å². The molecule has 0 atom stereocenters. The number of nitrogens with zero attached hydrogens (tertiary/aromatic N) is 2. The summed E-state index contributed by atoms with van der Waals surface area (Å²) in [5.41, 5.74) is 0.596. The van der Waals surface area contributed by atoms with Crippen LogP contribution in [-0.2, 0) is 0 Å². The van der Waals surface area contributed by atoms with Gasteiger partial charge in [-0.3, -0.25) is 4.79 Å². The number of halogens is 1. The molecule has 2 fully saturated rings. The average Bonchev–Trinajstić information content (AvgIpc) is 3.30. The van der Waals surface area contributed by atoms with E-state index in [9.17, 15) is 9.59 Å². The number of benzene rings is 1. The summed E-state index contributed by atoms with van der Waals surface area (Å²) in [4.78, 5) is 27.8. The van der Waals surface area contributed by atoms with Crippen LogP contribution in [0.4, 0.5) is 4.79 Å². The molecule has 1 aliphatic heterocycles. The molecule has 3 amide bonds. The molecule has 1 saturated carbocycles. The van der Waals surface area contributed by atoms with Crippen molar-refractivity contribution in [1.29, 1.82) is 0 Å². The van der Waals surface area contributed by atoms with Crippen LogP contribution in [0.3, 0.4) is 0 Å². The molecule has 3 rings (SSSR count). The van der Waals surface area contributed by atoms with E-state index in [0.717, 1.165) is 12.8 Å². The lowest BCUT2D eigenvalue weighted by molar-refractivity contribution is 0.0665. The molecule has 0 aromatic heterocycles. The van der Waals surface area contributed by atoms with Crippen molar-refractivity contribution in [3.63, 3.8) is 0 Å². The third-order valence-electron chi connectivity index (χ3n) is 3.83. The molecule has 1 saturated heterocycles. The van der Waals surface area contributed by atoms with Gasteiger partial charge >= 0.3 is 6.03 Å². The maximum absolute atomic E-state index is 12.4. The average molecular weight is 308 g/mol. The van der Waals surface area contributed by atoms with Crippen LogP contribution in [0.1, 0.15) is 23.2 Å². The first-order chi connectivity index (χ1) is 10.1. The Morgan fingerprint density at radius 2 is 1.76 bits per heavy atom. The number of carbonyl (C=O) groups excluding carboxylic acids is 2. The summed E-state index contributed by atoms with van der Waals surface area (Å²) in [5.74, 6) is -0.0280. The van der Waals surface area contributed by atoms with E-state index >= 15 is 0 Å². The summed E-state index contributed by atoms with van der Waals surface area (Å²) >= 11 is 5.92. The first kappa shape index (κ1) is 14.2. The monoisotopic (exact) mass is 307 g/mol. The zero-order chi connectivity index (χ0) is 14.8. The van der Waals surface area contributed by atoms with E-state index < -0.39 is 0 Å². The minimum atomic E-state index is -0.0280. The molecule has 1 aromatic carbocycles. The van der Waals surface area contributed by atoms with Crippen LogP contribution in [0, 0.1) is 0 Å². The van der Waals surface area contributed by atoms with E-state index in [-0.39, 0.29) is 11.9 Å². The smallest absolute Gasteiger partial charge is 0.317 e. The topological polar surface area (TPSA) is 52.7 Å². The molecule has 1 N–H and O–H groups in total. The van der Waals surface area contributed by atoms with Crippen LogP contribution in [0.25, 0.3) is 0 Å². The van der Waals surface area contributed by atoms with E-state index in [1.54, 1.807) is 34.1 Å². The molecular weight excluding hydrogens is 290 g/mol. The molecule has 0 bridgehead atoms.